The van der Waals surface area contributed by atoms with Gasteiger partial charge in [0.2, 0.25) is 10.0 Å². The fourth-order valence-corrected chi connectivity index (χ4v) is 4.21. The molecular formula is C13H26N2O2S. The smallest absolute Gasteiger partial charge is 0.211 e. The highest BCUT2D eigenvalue weighted by atomic mass is 32.2. The maximum Gasteiger partial charge on any atom is 0.211 e. The van der Waals surface area contributed by atoms with Crippen molar-refractivity contribution in [3.05, 3.63) is 0 Å². The van der Waals surface area contributed by atoms with Gasteiger partial charge in [-0.1, -0.05) is 6.42 Å². The summed E-state index contributed by atoms with van der Waals surface area (Å²) in [7, 11) is -0.958. The molecule has 1 saturated carbocycles. The molecule has 0 aromatic heterocycles. The van der Waals surface area contributed by atoms with E-state index in [4.69, 9.17) is 0 Å². The molecule has 1 saturated heterocycles. The van der Waals surface area contributed by atoms with Crippen LogP contribution in [0.2, 0.25) is 0 Å². The van der Waals surface area contributed by atoms with Crippen molar-refractivity contribution in [1.29, 1.82) is 0 Å². The van der Waals surface area contributed by atoms with Crippen LogP contribution in [0.1, 0.15) is 38.5 Å². The summed E-state index contributed by atoms with van der Waals surface area (Å²) in [5, 5.41) is 3.44. The SMILES string of the molecule is CNC(CC1CCCN(S(C)(=O)=O)C1)C1CCC1. The van der Waals surface area contributed by atoms with Crippen molar-refractivity contribution in [2.24, 2.45) is 11.8 Å². The number of rotatable bonds is 5. The summed E-state index contributed by atoms with van der Waals surface area (Å²) in [4.78, 5) is 0. The Morgan fingerprint density at radius 1 is 1.28 bits per heavy atom. The molecule has 2 fully saturated rings. The van der Waals surface area contributed by atoms with E-state index in [-0.39, 0.29) is 0 Å². The van der Waals surface area contributed by atoms with Gasteiger partial charge in [0, 0.05) is 19.1 Å². The molecule has 18 heavy (non-hydrogen) atoms. The number of hydrogen-bond donors (Lipinski definition) is 1. The molecule has 2 rings (SSSR count). The number of piperidine rings is 1. The lowest BCUT2D eigenvalue weighted by atomic mass is 9.76. The van der Waals surface area contributed by atoms with Crippen molar-refractivity contribution >= 4 is 10.0 Å². The van der Waals surface area contributed by atoms with Crippen molar-refractivity contribution in [3.8, 4) is 0 Å². The monoisotopic (exact) mass is 274 g/mol. The summed E-state index contributed by atoms with van der Waals surface area (Å²) in [6, 6.07) is 0.586. The molecule has 0 spiro atoms. The van der Waals surface area contributed by atoms with E-state index in [9.17, 15) is 8.42 Å². The lowest BCUT2D eigenvalue weighted by Gasteiger charge is -2.38. The predicted octanol–water partition coefficient (Wildman–Crippen LogP) is 1.44. The Hall–Kier alpha value is -0.130. The Bertz CT molecular complexity index is 365. The molecule has 1 heterocycles. The molecular weight excluding hydrogens is 248 g/mol. The first-order chi connectivity index (χ1) is 8.50. The van der Waals surface area contributed by atoms with Crippen LogP contribution < -0.4 is 5.32 Å². The molecule has 0 aromatic carbocycles. The predicted molar refractivity (Wildman–Crippen MR) is 73.9 cm³/mol. The maximum atomic E-state index is 11.6. The summed E-state index contributed by atoms with van der Waals surface area (Å²) >= 11 is 0. The maximum absolute atomic E-state index is 11.6. The third kappa shape index (κ3) is 3.45. The lowest BCUT2D eigenvalue weighted by molar-refractivity contribution is 0.176. The van der Waals surface area contributed by atoms with Crippen molar-refractivity contribution in [2.75, 3.05) is 26.4 Å². The second-order valence-corrected chi connectivity index (χ2v) is 7.93. The summed E-state index contributed by atoms with van der Waals surface area (Å²) in [5.41, 5.74) is 0. The highest BCUT2D eigenvalue weighted by Gasteiger charge is 2.31. The van der Waals surface area contributed by atoms with Crippen LogP contribution in [-0.4, -0.2) is 45.2 Å². The second-order valence-electron chi connectivity index (χ2n) is 5.95. The van der Waals surface area contributed by atoms with E-state index in [1.165, 1.54) is 31.9 Å². The van der Waals surface area contributed by atoms with Crippen molar-refractivity contribution in [1.82, 2.24) is 9.62 Å². The minimum absolute atomic E-state index is 0.534. The van der Waals surface area contributed by atoms with Gasteiger partial charge >= 0.3 is 0 Å². The van der Waals surface area contributed by atoms with Crippen molar-refractivity contribution in [2.45, 2.75) is 44.6 Å². The van der Waals surface area contributed by atoms with Crippen LogP contribution in [0, 0.1) is 11.8 Å². The minimum Gasteiger partial charge on any atom is -0.317 e. The first-order valence-electron chi connectivity index (χ1n) is 7.13. The van der Waals surface area contributed by atoms with E-state index < -0.39 is 10.0 Å². The van der Waals surface area contributed by atoms with Gasteiger partial charge < -0.3 is 5.32 Å². The van der Waals surface area contributed by atoms with Crippen LogP contribution in [0.3, 0.4) is 0 Å². The molecule has 2 unspecified atom stereocenters. The van der Waals surface area contributed by atoms with E-state index in [1.54, 1.807) is 4.31 Å². The van der Waals surface area contributed by atoms with E-state index in [2.05, 4.69) is 5.32 Å². The molecule has 5 heteroatoms. The molecule has 4 nitrogen and oxygen atoms in total. The molecule has 2 atom stereocenters. The number of hydrogen-bond acceptors (Lipinski definition) is 3. The first-order valence-corrected chi connectivity index (χ1v) is 8.98. The molecule has 1 aliphatic heterocycles. The number of sulfonamides is 1. The van der Waals surface area contributed by atoms with E-state index in [0.29, 0.717) is 18.5 Å². The van der Waals surface area contributed by atoms with Gasteiger partial charge in [-0.25, -0.2) is 12.7 Å². The lowest BCUT2D eigenvalue weighted by Crippen LogP contribution is -2.44. The zero-order valence-corrected chi connectivity index (χ0v) is 12.4. The quantitative estimate of drug-likeness (QED) is 0.825. The number of nitrogens with one attached hydrogen (secondary N) is 1. The molecule has 1 aliphatic carbocycles. The molecule has 0 radical (unpaired) electrons. The second kappa shape index (κ2) is 5.88. The van der Waals surface area contributed by atoms with Gasteiger partial charge in [-0.15, -0.1) is 0 Å². The summed E-state index contributed by atoms with van der Waals surface area (Å²) in [6.07, 6.45) is 8.70. The summed E-state index contributed by atoms with van der Waals surface area (Å²) in [5.74, 6) is 1.36. The molecule has 0 bridgehead atoms. The van der Waals surface area contributed by atoms with Crippen LogP contribution in [0.25, 0.3) is 0 Å². The van der Waals surface area contributed by atoms with Gasteiger partial charge in [0.25, 0.3) is 0 Å². The molecule has 0 amide bonds. The van der Waals surface area contributed by atoms with Crippen LogP contribution in [0.4, 0.5) is 0 Å². The van der Waals surface area contributed by atoms with E-state index in [1.807, 2.05) is 7.05 Å². The topological polar surface area (TPSA) is 49.4 Å². The standard InChI is InChI=1S/C13H26N2O2S/c1-14-13(12-6-3-7-12)9-11-5-4-8-15(10-11)18(2,16)17/h11-14H,3-10H2,1-2H3. The zero-order chi connectivity index (χ0) is 13.2. The largest absolute Gasteiger partial charge is 0.317 e. The van der Waals surface area contributed by atoms with Gasteiger partial charge in [-0.2, -0.15) is 0 Å². The first kappa shape index (κ1) is 14.3. The minimum atomic E-state index is -3.00. The molecule has 106 valence electrons. The Morgan fingerprint density at radius 3 is 2.50 bits per heavy atom. The average molecular weight is 274 g/mol. The van der Waals surface area contributed by atoms with Gasteiger partial charge in [0.15, 0.2) is 0 Å². The molecule has 0 aromatic rings. The van der Waals surface area contributed by atoms with Gasteiger partial charge in [0.05, 0.1) is 6.26 Å². The Balaban J connectivity index is 1.88. The number of nitrogens with zero attached hydrogens (tertiary/aromatic N) is 1. The van der Waals surface area contributed by atoms with E-state index in [0.717, 1.165) is 25.3 Å². The third-order valence-corrected chi connectivity index (χ3v) is 5.90. The highest BCUT2D eigenvalue weighted by molar-refractivity contribution is 7.88. The van der Waals surface area contributed by atoms with Crippen molar-refractivity contribution in [3.63, 3.8) is 0 Å². The zero-order valence-electron chi connectivity index (χ0n) is 11.6. The van der Waals surface area contributed by atoms with Crippen LogP contribution in [0.15, 0.2) is 0 Å². The third-order valence-electron chi connectivity index (χ3n) is 4.63. The highest BCUT2D eigenvalue weighted by Crippen LogP contribution is 2.33. The van der Waals surface area contributed by atoms with Crippen LogP contribution in [-0.2, 0) is 10.0 Å². The summed E-state index contributed by atoms with van der Waals surface area (Å²) < 4.78 is 24.9. The van der Waals surface area contributed by atoms with Gasteiger partial charge in [0.1, 0.15) is 0 Å². The molecule has 1 N–H and O–H groups in total. The Kier molecular flexibility index (Phi) is 4.67. The molecule has 2 aliphatic rings. The fraction of sp³-hybridized carbons (Fsp3) is 1.00. The Labute approximate surface area is 111 Å². The van der Waals surface area contributed by atoms with Gasteiger partial charge in [-0.3, -0.25) is 0 Å². The van der Waals surface area contributed by atoms with Crippen molar-refractivity contribution < 1.29 is 8.42 Å². The van der Waals surface area contributed by atoms with Gasteiger partial charge in [-0.05, 0) is 51.0 Å². The average Bonchev–Trinajstić information content (AvgIpc) is 2.25. The summed E-state index contributed by atoms with van der Waals surface area (Å²) in [6.45, 7) is 1.44. The normalized spacial score (nSPS) is 28.9. The van der Waals surface area contributed by atoms with Crippen LogP contribution in [0.5, 0.6) is 0 Å². The Morgan fingerprint density at radius 2 is 2.00 bits per heavy atom. The van der Waals surface area contributed by atoms with E-state index >= 15 is 0 Å². The fourth-order valence-electron chi connectivity index (χ4n) is 3.27. The van der Waals surface area contributed by atoms with Crippen LogP contribution >= 0.6 is 0 Å².